The predicted octanol–water partition coefficient (Wildman–Crippen LogP) is 6.96. The Kier molecular flexibility index (Phi) is 5.57. The van der Waals surface area contributed by atoms with Crippen LogP contribution in [0.25, 0.3) is 0 Å². The summed E-state index contributed by atoms with van der Waals surface area (Å²) in [6, 6.07) is 0. The van der Waals surface area contributed by atoms with Crippen LogP contribution in [0.1, 0.15) is 84.0 Å². The van der Waals surface area contributed by atoms with E-state index in [-0.39, 0.29) is 0 Å². The van der Waals surface area contributed by atoms with Gasteiger partial charge in [0.15, 0.2) is 0 Å². The maximum atomic E-state index is 12.5. The van der Waals surface area contributed by atoms with E-state index in [0.717, 1.165) is 23.7 Å². The van der Waals surface area contributed by atoms with Gasteiger partial charge in [-0.3, -0.25) is 0 Å². The number of halogens is 2. The van der Waals surface area contributed by atoms with Crippen LogP contribution in [-0.4, -0.2) is 0 Å². The summed E-state index contributed by atoms with van der Waals surface area (Å²) in [5.74, 6) is 4.27. The summed E-state index contributed by atoms with van der Waals surface area (Å²) in [6.45, 7) is 2.31. The fourth-order valence-corrected chi connectivity index (χ4v) is 5.51. The summed E-state index contributed by atoms with van der Waals surface area (Å²) >= 11 is 0. The monoisotopic (exact) mass is 310 g/mol. The van der Waals surface area contributed by atoms with Gasteiger partial charge in [-0.15, -0.1) is 0 Å². The van der Waals surface area contributed by atoms with Crippen molar-refractivity contribution in [3.05, 3.63) is 11.7 Å². The highest BCUT2D eigenvalue weighted by molar-refractivity contribution is 5.14. The molecule has 0 aromatic rings. The third-order valence-corrected chi connectivity index (χ3v) is 7.02. The summed E-state index contributed by atoms with van der Waals surface area (Å²) in [6.07, 6.45) is 14.0. The lowest BCUT2D eigenvalue weighted by Gasteiger charge is -2.42. The Balaban J connectivity index is 1.39. The first-order valence-electron chi connectivity index (χ1n) is 9.70. The minimum Gasteiger partial charge on any atom is -0.173 e. The molecule has 0 heterocycles. The minimum absolute atomic E-state index is 0.446. The van der Waals surface area contributed by atoms with E-state index in [2.05, 4.69) is 6.92 Å². The molecule has 0 radical (unpaired) electrons. The third-order valence-electron chi connectivity index (χ3n) is 7.02. The molecule has 2 heteroatoms. The second kappa shape index (κ2) is 7.45. The highest BCUT2D eigenvalue weighted by Gasteiger charge is 2.37. The zero-order valence-electron chi connectivity index (χ0n) is 14.1. The van der Waals surface area contributed by atoms with Gasteiger partial charge in [-0.05, 0) is 86.5 Å². The van der Waals surface area contributed by atoms with Gasteiger partial charge < -0.3 is 0 Å². The summed E-state index contributed by atoms with van der Waals surface area (Å²) in [5, 5.41) is 0. The first kappa shape index (κ1) is 16.5. The number of hydrogen-bond acceptors (Lipinski definition) is 0. The Morgan fingerprint density at radius 3 is 1.68 bits per heavy atom. The molecule has 0 unspecified atom stereocenters. The summed E-state index contributed by atoms with van der Waals surface area (Å²) < 4.78 is 25.0. The van der Waals surface area contributed by atoms with E-state index in [4.69, 9.17) is 0 Å². The van der Waals surface area contributed by atoms with Gasteiger partial charge in [-0.25, -0.2) is 0 Å². The van der Waals surface area contributed by atoms with E-state index in [0.29, 0.717) is 24.3 Å². The smallest absolute Gasteiger partial charge is 0.173 e. The van der Waals surface area contributed by atoms with Crippen molar-refractivity contribution in [2.45, 2.75) is 84.0 Å². The Labute approximate surface area is 134 Å². The van der Waals surface area contributed by atoms with Crippen molar-refractivity contribution in [2.75, 3.05) is 0 Å². The Morgan fingerprint density at radius 1 is 0.773 bits per heavy atom. The van der Waals surface area contributed by atoms with E-state index in [1.807, 2.05) is 0 Å². The van der Waals surface area contributed by atoms with Crippen molar-refractivity contribution in [3.8, 4) is 0 Å². The molecule has 126 valence electrons. The lowest BCUT2D eigenvalue weighted by Crippen LogP contribution is -2.31. The topological polar surface area (TPSA) is 0 Å². The van der Waals surface area contributed by atoms with Gasteiger partial charge in [-0.1, -0.05) is 32.6 Å². The van der Waals surface area contributed by atoms with Crippen molar-refractivity contribution in [1.29, 1.82) is 0 Å². The van der Waals surface area contributed by atoms with Crippen molar-refractivity contribution in [1.82, 2.24) is 0 Å². The van der Waals surface area contributed by atoms with Crippen LogP contribution in [0.15, 0.2) is 11.7 Å². The normalized spacial score (nSPS) is 39.4. The molecule has 0 atom stereocenters. The molecule has 3 aliphatic carbocycles. The van der Waals surface area contributed by atoms with Crippen LogP contribution in [0, 0.1) is 29.6 Å². The minimum atomic E-state index is -1.39. The molecule has 0 bridgehead atoms. The number of allylic oxidation sites excluding steroid dienone is 1. The predicted molar refractivity (Wildman–Crippen MR) is 87.8 cm³/mol. The molecule has 0 saturated heterocycles. The quantitative estimate of drug-likeness (QED) is 0.526. The standard InChI is InChI=1S/C20H32F2/c1-2-3-14-4-6-15(7-5-14)16-8-10-17(11-9-16)18-12-19(13-18)20(21)22/h14-18H,2-13H2,1H3/t14-,15-,16?,17?. The summed E-state index contributed by atoms with van der Waals surface area (Å²) in [5.41, 5.74) is 0.446. The van der Waals surface area contributed by atoms with Crippen LogP contribution >= 0.6 is 0 Å². The van der Waals surface area contributed by atoms with Gasteiger partial charge in [-0.2, -0.15) is 8.78 Å². The molecule has 3 aliphatic rings. The zero-order chi connectivity index (χ0) is 15.5. The molecule has 22 heavy (non-hydrogen) atoms. The van der Waals surface area contributed by atoms with E-state index < -0.39 is 6.08 Å². The molecule has 0 amide bonds. The molecule has 0 spiro atoms. The molecule has 0 aliphatic heterocycles. The zero-order valence-corrected chi connectivity index (χ0v) is 14.1. The maximum absolute atomic E-state index is 12.5. The van der Waals surface area contributed by atoms with Gasteiger partial charge in [0.05, 0.1) is 0 Å². The molecule has 0 aromatic carbocycles. The highest BCUT2D eigenvalue weighted by atomic mass is 19.3. The number of rotatable bonds is 4. The molecule has 3 fully saturated rings. The lowest BCUT2D eigenvalue weighted by molar-refractivity contribution is 0.110. The summed E-state index contributed by atoms with van der Waals surface area (Å²) in [4.78, 5) is 0. The van der Waals surface area contributed by atoms with Crippen molar-refractivity contribution in [2.24, 2.45) is 29.6 Å². The van der Waals surface area contributed by atoms with Gasteiger partial charge in [0.2, 0.25) is 0 Å². The number of hydrogen-bond donors (Lipinski definition) is 0. The first-order valence-corrected chi connectivity index (χ1v) is 9.70. The van der Waals surface area contributed by atoms with Crippen LogP contribution in [0.4, 0.5) is 8.78 Å². The third kappa shape index (κ3) is 3.74. The van der Waals surface area contributed by atoms with Crippen LogP contribution in [0.2, 0.25) is 0 Å². The van der Waals surface area contributed by atoms with Crippen LogP contribution < -0.4 is 0 Å². The lowest BCUT2D eigenvalue weighted by atomic mass is 9.63. The highest BCUT2D eigenvalue weighted by Crippen LogP contribution is 2.49. The van der Waals surface area contributed by atoms with E-state index in [9.17, 15) is 8.78 Å². The average molecular weight is 310 g/mol. The molecular weight excluding hydrogens is 278 g/mol. The van der Waals surface area contributed by atoms with E-state index in [1.165, 1.54) is 64.2 Å². The Hall–Kier alpha value is -0.400. The van der Waals surface area contributed by atoms with Crippen LogP contribution in [-0.2, 0) is 0 Å². The van der Waals surface area contributed by atoms with Crippen molar-refractivity contribution < 1.29 is 8.78 Å². The fourth-order valence-electron chi connectivity index (χ4n) is 5.51. The van der Waals surface area contributed by atoms with E-state index >= 15 is 0 Å². The second-order valence-corrected chi connectivity index (χ2v) is 8.28. The SMILES string of the molecule is CCC[C@H]1CC[C@H](C2CCC(C3CC(=C(F)F)C3)CC2)CC1. The molecule has 3 rings (SSSR count). The Bertz CT molecular complexity index is 373. The average Bonchev–Trinajstić information content (AvgIpc) is 2.47. The molecular formula is C20H32F2. The fraction of sp³-hybridized carbons (Fsp3) is 0.900. The maximum Gasteiger partial charge on any atom is 0.269 e. The van der Waals surface area contributed by atoms with Crippen LogP contribution in [0.3, 0.4) is 0 Å². The molecule has 0 N–H and O–H groups in total. The molecule has 0 aromatic heterocycles. The van der Waals surface area contributed by atoms with Crippen LogP contribution in [0.5, 0.6) is 0 Å². The Morgan fingerprint density at radius 2 is 1.23 bits per heavy atom. The molecule has 0 nitrogen and oxygen atoms in total. The van der Waals surface area contributed by atoms with Gasteiger partial charge in [0.25, 0.3) is 6.08 Å². The van der Waals surface area contributed by atoms with Gasteiger partial charge >= 0.3 is 0 Å². The van der Waals surface area contributed by atoms with E-state index in [1.54, 1.807) is 0 Å². The molecule has 3 saturated carbocycles. The van der Waals surface area contributed by atoms with Crippen molar-refractivity contribution >= 4 is 0 Å². The van der Waals surface area contributed by atoms with Gasteiger partial charge in [0, 0.05) is 0 Å². The largest absolute Gasteiger partial charge is 0.269 e. The van der Waals surface area contributed by atoms with Crippen molar-refractivity contribution in [3.63, 3.8) is 0 Å². The second-order valence-electron chi connectivity index (χ2n) is 8.28. The summed E-state index contributed by atoms with van der Waals surface area (Å²) in [7, 11) is 0. The van der Waals surface area contributed by atoms with Gasteiger partial charge in [0.1, 0.15) is 0 Å². The first-order chi connectivity index (χ1) is 10.7.